The molecule has 0 spiro atoms. The molecule has 0 atom stereocenters. The van der Waals surface area contributed by atoms with Crippen molar-refractivity contribution in [2.75, 3.05) is 20.5 Å². The predicted octanol–water partition coefficient (Wildman–Crippen LogP) is 3.11. The lowest BCUT2D eigenvalue weighted by Gasteiger charge is -2.14. The summed E-state index contributed by atoms with van der Waals surface area (Å²) in [6, 6.07) is 1.66. The van der Waals surface area contributed by atoms with Crippen molar-refractivity contribution in [3.05, 3.63) is 28.8 Å². The fourth-order valence-corrected chi connectivity index (χ4v) is 2.17. The minimum atomic E-state index is -0.383. The van der Waals surface area contributed by atoms with E-state index in [0.717, 1.165) is 11.1 Å². The molecule has 0 amide bonds. The molecule has 0 aliphatic carbocycles. The van der Waals surface area contributed by atoms with Gasteiger partial charge in [0.1, 0.15) is 0 Å². The van der Waals surface area contributed by atoms with Crippen LogP contribution in [0.25, 0.3) is 0 Å². The Labute approximate surface area is 124 Å². The molecule has 0 unspecified atom stereocenters. The van der Waals surface area contributed by atoms with Gasteiger partial charge in [-0.15, -0.1) is 0 Å². The molecule has 114 valence electrons. The number of allylic oxidation sites excluding steroid dienone is 2. The lowest BCUT2D eigenvalue weighted by molar-refractivity contribution is 0.0524. The number of ether oxygens (including phenoxy) is 4. The van der Waals surface area contributed by atoms with Gasteiger partial charge in [0.05, 0.1) is 19.3 Å². The third-order valence-electron chi connectivity index (χ3n) is 3.14. The Balaban J connectivity index is 2.55. The molecule has 0 fully saturated rings. The molecule has 0 aromatic heterocycles. The summed E-state index contributed by atoms with van der Waals surface area (Å²) in [4.78, 5) is 12.2. The Bertz CT molecular complexity index is 571. The predicted molar refractivity (Wildman–Crippen MR) is 78.2 cm³/mol. The largest absolute Gasteiger partial charge is 0.492 e. The third-order valence-corrected chi connectivity index (χ3v) is 3.14. The Morgan fingerprint density at radius 2 is 2.14 bits per heavy atom. The Hall–Kier alpha value is -2.17. The summed E-state index contributed by atoms with van der Waals surface area (Å²) in [5.41, 5.74) is 2.36. The van der Waals surface area contributed by atoms with Crippen molar-refractivity contribution in [2.24, 2.45) is 0 Å². The van der Waals surface area contributed by atoms with Crippen LogP contribution in [-0.4, -0.2) is 26.5 Å². The van der Waals surface area contributed by atoms with Crippen LogP contribution in [0, 0.1) is 0 Å². The van der Waals surface area contributed by atoms with Crippen LogP contribution in [0.2, 0.25) is 0 Å². The number of hydrogen-bond donors (Lipinski definition) is 0. The van der Waals surface area contributed by atoms with Crippen LogP contribution in [0.15, 0.2) is 17.7 Å². The van der Waals surface area contributed by atoms with E-state index in [-0.39, 0.29) is 12.8 Å². The van der Waals surface area contributed by atoms with Gasteiger partial charge in [-0.1, -0.05) is 11.6 Å². The monoisotopic (exact) mass is 292 g/mol. The highest BCUT2D eigenvalue weighted by molar-refractivity contribution is 5.93. The zero-order valence-electron chi connectivity index (χ0n) is 12.8. The van der Waals surface area contributed by atoms with Crippen LogP contribution in [0.5, 0.6) is 17.2 Å². The van der Waals surface area contributed by atoms with Crippen molar-refractivity contribution in [1.82, 2.24) is 0 Å². The van der Waals surface area contributed by atoms with Gasteiger partial charge >= 0.3 is 5.97 Å². The molecule has 0 saturated carbocycles. The normalized spacial score (nSPS) is 12.0. The van der Waals surface area contributed by atoms with Gasteiger partial charge in [-0.25, -0.2) is 4.79 Å². The maximum absolute atomic E-state index is 12.2. The minimum absolute atomic E-state index is 0.125. The molecule has 0 radical (unpaired) electrons. The van der Waals surface area contributed by atoms with Crippen LogP contribution in [-0.2, 0) is 11.2 Å². The van der Waals surface area contributed by atoms with E-state index in [0.29, 0.717) is 35.8 Å². The van der Waals surface area contributed by atoms with E-state index in [2.05, 4.69) is 0 Å². The van der Waals surface area contributed by atoms with Crippen molar-refractivity contribution in [3.8, 4) is 17.2 Å². The van der Waals surface area contributed by atoms with Crippen LogP contribution < -0.4 is 14.2 Å². The molecule has 2 rings (SSSR count). The molecular formula is C16H20O5. The summed E-state index contributed by atoms with van der Waals surface area (Å²) in [5.74, 6) is 1.20. The van der Waals surface area contributed by atoms with Crippen molar-refractivity contribution in [3.63, 3.8) is 0 Å². The molecule has 0 saturated heterocycles. The standard InChI is InChI=1S/C16H20O5/c1-5-19-16(17)12-8-13-15(21-9-20-13)14(18-4)11(12)7-6-10(2)3/h6,8H,5,7,9H2,1-4H3. The first-order valence-corrected chi connectivity index (χ1v) is 6.88. The van der Waals surface area contributed by atoms with E-state index in [1.165, 1.54) is 0 Å². The molecule has 21 heavy (non-hydrogen) atoms. The lowest BCUT2D eigenvalue weighted by atomic mass is 10.0. The molecular weight excluding hydrogens is 272 g/mol. The van der Waals surface area contributed by atoms with Gasteiger partial charge in [0.25, 0.3) is 0 Å². The van der Waals surface area contributed by atoms with E-state index in [1.54, 1.807) is 20.1 Å². The first-order chi connectivity index (χ1) is 10.1. The smallest absolute Gasteiger partial charge is 0.338 e. The second-order valence-electron chi connectivity index (χ2n) is 4.88. The number of rotatable bonds is 5. The second kappa shape index (κ2) is 6.52. The number of methoxy groups -OCH3 is 1. The Morgan fingerprint density at radius 3 is 2.76 bits per heavy atom. The number of carbonyl (C=O) groups excluding carboxylic acids is 1. The second-order valence-corrected chi connectivity index (χ2v) is 4.88. The molecule has 1 aliphatic heterocycles. The molecule has 5 nitrogen and oxygen atoms in total. The van der Waals surface area contributed by atoms with E-state index in [9.17, 15) is 4.79 Å². The maximum Gasteiger partial charge on any atom is 0.338 e. The van der Waals surface area contributed by atoms with Crippen molar-refractivity contribution < 1.29 is 23.7 Å². The maximum atomic E-state index is 12.2. The quantitative estimate of drug-likeness (QED) is 0.616. The van der Waals surface area contributed by atoms with E-state index in [4.69, 9.17) is 18.9 Å². The minimum Gasteiger partial charge on any atom is -0.492 e. The summed E-state index contributed by atoms with van der Waals surface area (Å²) in [5, 5.41) is 0. The SMILES string of the molecule is CCOC(=O)c1cc2c(c(OC)c1CC=C(C)C)OCO2. The fraction of sp³-hybridized carbons (Fsp3) is 0.438. The molecule has 1 heterocycles. The van der Waals surface area contributed by atoms with E-state index >= 15 is 0 Å². The average molecular weight is 292 g/mol. The van der Waals surface area contributed by atoms with Gasteiger partial charge in [0, 0.05) is 5.56 Å². The number of hydrogen-bond acceptors (Lipinski definition) is 5. The zero-order valence-corrected chi connectivity index (χ0v) is 12.8. The number of fused-ring (bicyclic) bond motifs is 1. The molecule has 5 heteroatoms. The van der Waals surface area contributed by atoms with Gasteiger partial charge in [-0.2, -0.15) is 0 Å². The average Bonchev–Trinajstić information content (AvgIpc) is 2.91. The van der Waals surface area contributed by atoms with Crippen molar-refractivity contribution >= 4 is 5.97 Å². The molecule has 0 bridgehead atoms. The summed E-state index contributed by atoms with van der Waals surface area (Å²) in [6.07, 6.45) is 2.60. The lowest BCUT2D eigenvalue weighted by Crippen LogP contribution is -2.09. The van der Waals surface area contributed by atoms with Gasteiger partial charge in [0.2, 0.25) is 12.5 Å². The number of benzene rings is 1. The topological polar surface area (TPSA) is 54.0 Å². The van der Waals surface area contributed by atoms with Gasteiger partial charge < -0.3 is 18.9 Å². The summed E-state index contributed by atoms with van der Waals surface area (Å²) in [6.45, 7) is 6.22. The van der Waals surface area contributed by atoms with Crippen LogP contribution in [0.1, 0.15) is 36.7 Å². The first-order valence-electron chi connectivity index (χ1n) is 6.88. The van der Waals surface area contributed by atoms with Crippen molar-refractivity contribution in [2.45, 2.75) is 27.2 Å². The molecule has 0 N–H and O–H groups in total. The van der Waals surface area contributed by atoms with E-state index in [1.807, 2.05) is 19.9 Å². The van der Waals surface area contributed by atoms with E-state index < -0.39 is 0 Å². The van der Waals surface area contributed by atoms with Crippen LogP contribution in [0.4, 0.5) is 0 Å². The molecule has 1 aromatic rings. The Morgan fingerprint density at radius 1 is 1.38 bits per heavy atom. The van der Waals surface area contributed by atoms with Gasteiger partial charge in [-0.05, 0) is 33.3 Å². The summed E-state index contributed by atoms with van der Waals surface area (Å²) < 4.78 is 21.4. The molecule has 1 aromatic carbocycles. The third kappa shape index (κ3) is 3.12. The first kappa shape index (κ1) is 15.2. The summed E-state index contributed by atoms with van der Waals surface area (Å²) >= 11 is 0. The highest BCUT2D eigenvalue weighted by Crippen LogP contribution is 2.45. The number of carbonyl (C=O) groups is 1. The van der Waals surface area contributed by atoms with Crippen molar-refractivity contribution in [1.29, 1.82) is 0 Å². The van der Waals surface area contributed by atoms with Gasteiger partial charge in [-0.3, -0.25) is 0 Å². The zero-order chi connectivity index (χ0) is 15.4. The van der Waals surface area contributed by atoms with Gasteiger partial charge in [0.15, 0.2) is 11.5 Å². The highest BCUT2D eigenvalue weighted by Gasteiger charge is 2.27. The van der Waals surface area contributed by atoms with Crippen LogP contribution >= 0.6 is 0 Å². The number of esters is 1. The Kier molecular flexibility index (Phi) is 4.73. The molecule has 1 aliphatic rings. The highest BCUT2D eigenvalue weighted by atomic mass is 16.7. The fourth-order valence-electron chi connectivity index (χ4n) is 2.17. The summed E-state index contributed by atoms with van der Waals surface area (Å²) in [7, 11) is 1.55. The van der Waals surface area contributed by atoms with Crippen LogP contribution in [0.3, 0.4) is 0 Å².